The van der Waals surface area contributed by atoms with Crippen molar-refractivity contribution in [3.63, 3.8) is 0 Å². The second-order valence-electron chi connectivity index (χ2n) is 4.85. The van der Waals surface area contributed by atoms with E-state index in [1.54, 1.807) is 7.11 Å². The lowest BCUT2D eigenvalue weighted by atomic mass is 10.0. The summed E-state index contributed by atoms with van der Waals surface area (Å²) in [6, 6.07) is 7.58. The number of ether oxygens (including phenoxy) is 1. The molecule has 2 rings (SSSR count). The number of likely N-dealkylation sites (tertiary alicyclic amines) is 1. The number of hydrogen-bond acceptors (Lipinski definition) is 3. The maximum atomic E-state index is 12.2. The molecule has 1 heterocycles. The van der Waals surface area contributed by atoms with Crippen LogP contribution < -0.4 is 4.74 Å². The third-order valence-electron chi connectivity index (χ3n) is 3.52. The molecule has 0 bridgehead atoms. The predicted octanol–water partition coefficient (Wildman–Crippen LogP) is 2.54. The molecule has 0 N–H and O–H groups in total. The van der Waals surface area contributed by atoms with Gasteiger partial charge in [-0.3, -0.25) is 4.79 Å². The molecule has 0 unspecified atom stereocenters. The number of piperidine rings is 1. The monoisotopic (exact) mass is 274 g/mol. The molecule has 6 nitrogen and oxygen atoms in total. The number of carbonyl (C=O) groups excluding carboxylic acids is 1. The van der Waals surface area contributed by atoms with Crippen molar-refractivity contribution in [3.8, 4) is 5.75 Å². The number of azide groups is 1. The van der Waals surface area contributed by atoms with Crippen LogP contribution in [0.3, 0.4) is 0 Å². The lowest BCUT2D eigenvalue weighted by Crippen LogP contribution is -2.40. The first-order chi connectivity index (χ1) is 9.72. The molecule has 1 saturated heterocycles. The van der Waals surface area contributed by atoms with Gasteiger partial charge in [-0.2, -0.15) is 0 Å². The Bertz CT molecular complexity index is 518. The Labute approximate surface area is 118 Å². The molecule has 0 spiro atoms. The Balaban J connectivity index is 1.90. The van der Waals surface area contributed by atoms with Crippen molar-refractivity contribution >= 4 is 5.91 Å². The Kier molecular flexibility index (Phi) is 4.85. The fraction of sp³-hybridized carbons (Fsp3) is 0.500. The number of amides is 1. The van der Waals surface area contributed by atoms with Gasteiger partial charge in [0.25, 0.3) is 0 Å². The molecule has 0 saturated carbocycles. The van der Waals surface area contributed by atoms with Crippen LogP contribution in [0.25, 0.3) is 10.4 Å². The van der Waals surface area contributed by atoms with Gasteiger partial charge in [-0.25, -0.2) is 0 Å². The van der Waals surface area contributed by atoms with E-state index in [2.05, 4.69) is 10.0 Å². The van der Waals surface area contributed by atoms with E-state index in [1.165, 1.54) is 0 Å². The maximum Gasteiger partial charge on any atom is 0.226 e. The van der Waals surface area contributed by atoms with Crippen LogP contribution in [0.15, 0.2) is 29.4 Å². The zero-order valence-corrected chi connectivity index (χ0v) is 11.5. The zero-order chi connectivity index (χ0) is 14.4. The van der Waals surface area contributed by atoms with Gasteiger partial charge < -0.3 is 9.64 Å². The van der Waals surface area contributed by atoms with Gasteiger partial charge in [0.15, 0.2) is 0 Å². The molecule has 1 aromatic rings. The number of nitrogens with zero attached hydrogens (tertiary/aromatic N) is 4. The summed E-state index contributed by atoms with van der Waals surface area (Å²) in [5.41, 5.74) is 9.35. The Morgan fingerprint density at radius 3 is 2.90 bits per heavy atom. The van der Waals surface area contributed by atoms with Crippen molar-refractivity contribution in [1.82, 2.24) is 4.90 Å². The molecule has 0 atom stereocenters. The Morgan fingerprint density at radius 2 is 2.25 bits per heavy atom. The lowest BCUT2D eigenvalue weighted by molar-refractivity contribution is -0.131. The SMILES string of the molecule is COc1cccc(CC(=O)N2CCC(N=[N+]=[N-])CC2)c1. The lowest BCUT2D eigenvalue weighted by Gasteiger charge is -2.30. The number of carbonyl (C=O) groups is 1. The number of hydrogen-bond donors (Lipinski definition) is 0. The number of methoxy groups -OCH3 is 1. The van der Waals surface area contributed by atoms with Crippen molar-refractivity contribution in [1.29, 1.82) is 0 Å². The average Bonchev–Trinajstić information content (AvgIpc) is 2.48. The molecule has 20 heavy (non-hydrogen) atoms. The molecule has 1 aliphatic rings. The van der Waals surface area contributed by atoms with E-state index in [9.17, 15) is 4.79 Å². The van der Waals surface area contributed by atoms with Gasteiger partial charge in [-0.15, -0.1) is 0 Å². The van der Waals surface area contributed by atoms with Gasteiger partial charge in [0, 0.05) is 24.0 Å². The van der Waals surface area contributed by atoms with Gasteiger partial charge >= 0.3 is 0 Å². The summed E-state index contributed by atoms with van der Waals surface area (Å²) >= 11 is 0. The fourth-order valence-electron chi connectivity index (χ4n) is 2.37. The van der Waals surface area contributed by atoms with Crippen LogP contribution in [0.4, 0.5) is 0 Å². The highest BCUT2D eigenvalue weighted by Crippen LogP contribution is 2.17. The van der Waals surface area contributed by atoms with Crippen LogP contribution in [0.5, 0.6) is 5.75 Å². The van der Waals surface area contributed by atoms with Crippen LogP contribution in [0, 0.1) is 0 Å². The standard InChI is InChI=1S/C14H18N4O2/c1-20-13-4-2-3-11(9-13)10-14(19)18-7-5-12(6-8-18)16-17-15/h2-4,9,12H,5-8,10H2,1H3. The van der Waals surface area contributed by atoms with Gasteiger partial charge in [-0.1, -0.05) is 17.2 Å². The van der Waals surface area contributed by atoms with Crippen LogP contribution >= 0.6 is 0 Å². The third-order valence-corrected chi connectivity index (χ3v) is 3.52. The van der Waals surface area contributed by atoms with Gasteiger partial charge in [0.1, 0.15) is 5.75 Å². The molecule has 106 valence electrons. The summed E-state index contributed by atoms with van der Waals surface area (Å²) < 4.78 is 5.15. The van der Waals surface area contributed by atoms with Gasteiger partial charge in [-0.05, 0) is 36.1 Å². The van der Waals surface area contributed by atoms with Gasteiger partial charge in [0.2, 0.25) is 5.91 Å². The van der Waals surface area contributed by atoms with Gasteiger partial charge in [0.05, 0.1) is 13.5 Å². The average molecular weight is 274 g/mol. The van der Waals surface area contributed by atoms with Crippen molar-refractivity contribution in [2.45, 2.75) is 25.3 Å². The molecule has 0 aromatic heterocycles. The highest BCUT2D eigenvalue weighted by atomic mass is 16.5. The molecule has 1 aromatic carbocycles. The molecule has 6 heteroatoms. The first-order valence-corrected chi connectivity index (χ1v) is 6.68. The Hall–Kier alpha value is -2.20. The molecule has 1 amide bonds. The highest BCUT2D eigenvalue weighted by Gasteiger charge is 2.21. The van der Waals surface area contributed by atoms with Crippen LogP contribution in [-0.4, -0.2) is 37.0 Å². The topological polar surface area (TPSA) is 78.3 Å². The molecule has 1 aliphatic heterocycles. The maximum absolute atomic E-state index is 12.2. The largest absolute Gasteiger partial charge is 0.497 e. The van der Waals surface area contributed by atoms with E-state index in [1.807, 2.05) is 29.2 Å². The van der Waals surface area contributed by atoms with Crippen LogP contribution in [0.1, 0.15) is 18.4 Å². The summed E-state index contributed by atoms with van der Waals surface area (Å²) in [5.74, 6) is 0.870. The normalized spacial score (nSPS) is 15.6. The summed E-state index contributed by atoms with van der Waals surface area (Å²) in [7, 11) is 1.61. The predicted molar refractivity (Wildman–Crippen MR) is 75.4 cm³/mol. The van der Waals surface area contributed by atoms with Crippen LogP contribution in [0.2, 0.25) is 0 Å². The van der Waals surface area contributed by atoms with Crippen LogP contribution in [-0.2, 0) is 11.2 Å². The van der Waals surface area contributed by atoms with Crippen molar-refractivity contribution < 1.29 is 9.53 Å². The number of benzene rings is 1. The molecule has 0 aliphatic carbocycles. The number of rotatable bonds is 4. The minimum atomic E-state index is 0.0286. The molecule has 1 fully saturated rings. The van der Waals surface area contributed by atoms with E-state index in [-0.39, 0.29) is 11.9 Å². The quantitative estimate of drug-likeness (QED) is 0.480. The minimum Gasteiger partial charge on any atom is -0.497 e. The molecular formula is C14H18N4O2. The first-order valence-electron chi connectivity index (χ1n) is 6.68. The smallest absolute Gasteiger partial charge is 0.226 e. The molecule has 0 radical (unpaired) electrons. The van der Waals surface area contributed by atoms with E-state index >= 15 is 0 Å². The van der Waals surface area contributed by atoms with Crippen molar-refractivity contribution in [2.75, 3.05) is 20.2 Å². The summed E-state index contributed by atoms with van der Waals surface area (Å²) in [4.78, 5) is 16.9. The fourth-order valence-corrected chi connectivity index (χ4v) is 2.37. The first kappa shape index (κ1) is 14.2. The van der Waals surface area contributed by atoms with E-state index in [0.717, 1.165) is 24.2 Å². The summed E-state index contributed by atoms with van der Waals surface area (Å²) in [6.07, 6.45) is 1.87. The third kappa shape index (κ3) is 3.65. The Morgan fingerprint density at radius 1 is 1.50 bits per heavy atom. The van der Waals surface area contributed by atoms with E-state index in [0.29, 0.717) is 19.5 Å². The highest BCUT2D eigenvalue weighted by molar-refractivity contribution is 5.79. The summed E-state index contributed by atoms with van der Waals surface area (Å²) in [6.45, 7) is 1.32. The van der Waals surface area contributed by atoms with E-state index < -0.39 is 0 Å². The zero-order valence-electron chi connectivity index (χ0n) is 11.5. The minimum absolute atomic E-state index is 0.0286. The summed E-state index contributed by atoms with van der Waals surface area (Å²) in [5, 5.41) is 3.71. The second-order valence-corrected chi connectivity index (χ2v) is 4.85. The van der Waals surface area contributed by atoms with Crippen molar-refractivity contribution in [2.24, 2.45) is 5.11 Å². The van der Waals surface area contributed by atoms with Crippen molar-refractivity contribution in [3.05, 3.63) is 40.3 Å². The second kappa shape index (κ2) is 6.82. The molecular weight excluding hydrogens is 256 g/mol. The van der Waals surface area contributed by atoms with E-state index in [4.69, 9.17) is 10.3 Å².